The van der Waals surface area contributed by atoms with Crippen molar-refractivity contribution in [1.29, 1.82) is 0 Å². The predicted molar refractivity (Wildman–Crippen MR) is 108 cm³/mol. The number of benzene rings is 2. The Hall–Kier alpha value is -2.57. The highest BCUT2D eigenvalue weighted by Gasteiger charge is 2.06. The first-order valence-electron chi connectivity index (χ1n) is 7.90. The van der Waals surface area contributed by atoms with Gasteiger partial charge in [-0.05, 0) is 61.1 Å². The number of amides is 1. The van der Waals surface area contributed by atoms with E-state index in [1.807, 2.05) is 19.1 Å². The maximum absolute atomic E-state index is 12.1. The number of rotatable bonds is 6. The van der Waals surface area contributed by atoms with Crippen molar-refractivity contribution >= 4 is 34.8 Å². The molecule has 7 heteroatoms. The number of hydrogen-bond donors (Lipinski definition) is 3. The van der Waals surface area contributed by atoms with Gasteiger partial charge in [0.15, 0.2) is 5.11 Å². The molecular weight excluding hydrogens is 370 g/mol. The Bertz CT molecular complexity index is 776. The Kier molecular flexibility index (Phi) is 7.44. The van der Waals surface area contributed by atoms with E-state index in [0.717, 1.165) is 16.9 Å². The van der Waals surface area contributed by atoms with Crippen molar-refractivity contribution in [3.63, 3.8) is 0 Å². The van der Waals surface area contributed by atoms with Crippen LogP contribution < -0.4 is 20.9 Å². The molecule has 2 aromatic rings. The van der Waals surface area contributed by atoms with Gasteiger partial charge in [-0.25, -0.2) is 0 Å². The lowest BCUT2D eigenvalue weighted by Crippen LogP contribution is -2.47. The normalized spacial score (nSPS) is 9.92. The van der Waals surface area contributed by atoms with Gasteiger partial charge in [0.1, 0.15) is 12.4 Å². The number of thiocarbonyl (C=S) groups is 1. The van der Waals surface area contributed by atoms with Gasteiger partial charge in [-0.2, -0.15) is 0 Å². The van der Waals surface area contributed by atoms with Crippen LogP contribution in [0.15, 0.2) is 60.7 Å². The van der Waals surface area contributed by atoms with E-state index in [9.17, 15) is 4.79 Å². The summed E-state index contributed by atoms with van der Waals surface area (Å²) >= 11 is 10.9. The Balaban J connectivity index is 1.80. The molecule has 0 aliphatic rings. The fourth-order valence-electron chi connectivity index (χ4n) is 1.91. The van der Waals surface area contributed by atoms with Crippen LogP contribution in [0.4, 0.5) is 0 Å². The average molecular weight is 390 g/mol. The van der Waals surface area contributed by atoms with Crippen LogP contribution in [-0.2, 0) is 6.61 Å². The van der Waals surface area contributed by atoms with E-state index in [1.165, 1.54) is 0 Å². The number of carbonyl (C=O) groups is 1. The van der Waals surface area contributed by atoms with Gasteiger partial charge in [0.2, 0.25) is 0 Å². The van der Waals surface area contributed by atoms with Crippen LogP contribution in [0.2, 0.25) is 5.02 Å². The number of carbonyl (C=O) groups excluding carboxylic acids is 1. The van der Waals surface area contributed by atoms with Crippen LogP contribution in [0, 0.1) is 0 Å². The molecule has 0 fully saturated rings. The summed E-state index contributed by atoms with van der Waals surface area (Å²) in [6.07, 6.45) is 0. The zero-order chi connectivity index (χ0) is 18.9. The summed E-state index contributed by atoms with van der Waals surface area (Å²) in [5.74, 6) is 0.450. The molecule has 0 bridgehead atoms. The molecule has 3 N–H and O–H groups in total. The van der Waals surface area contributed by atoms with Gasteiger partial charge in [-0.15, -0.1) is 0 Å². The molecule has 0 atom stereocenters. The van der Waals surface area contributed by atoms with E-state index in [1.54, 1.807) is 36.4 Å². The highest BCUT2D eigenvalue weighted by molar-refractivity contribution is 7.80. The van der Waals surface area contributed by atoms with E-state index < -0.39 is 0 Å². The van der Waals surface area contributed by atoms with E-state index in [0.29, 0.717) is 28.9 Å². The standard InChI is InChI=1S/C19H20ClN3O2S/c1-13(2)11-21-19(26)23-22-18(24)15-5-3-14(4-6-15)12-25-17-9-7-16(20)8-10-17/h3-10H,1,11-12H2,2H3,(H,22,24)(H2,21,23,26). The van der Waals surface area contributed by atoms with Crippen LogP contribution in [0.25, 0.3) is 0 Å². The molecule has 0 saturated carbocycles. The molecule has 136 valence electrons. The van der Waals surface area contributed by atoms with Crippen molar-refractivity contribution in [1.82, 2.24) is 16.2 Å². The Morgan fingerprint density at radius 1 is 1.12 bits per heavy atom. The average Bonchev–Trinajstić information content (AvgIpc) is 2.64. The first kappa shape index (κ1) is 19.8. The summed E-state index contributed by atoms with van der Waals surface area (Å²) in [5, 5.41) is 3.91. The van der Waals surface area contributed by atoms with Crippen LogP contribution in [0.1, 0.15) is 22.8 Å². The molecule has 5 nitrogen and oxygen atoms in total. The SMILES string of the molecule is C=C(C)CNC(=S)NNC(=O)c1ccc(COc2ccc(Cl)cc2)cc1. The molecule has 2 aromatic carbocycles. The van der Waals surface area contributed by atoms with Crippen molar-refractivity contribution in [2.45, 2.75) is 13.5 Å². The highest BCUT2D eigenvalue weighted by atomic mass is 35.5. The third kappa shape index (κ3) is 6.74. The van der Waals surface area contributed by atoms with Gasteiger partial charge < -0.3 is 10.1 Å². The summed E-state index contributed by atoms with van der Waals surface area (Å²) < 4.78 is 5.67. The second-order valence-electron chi connectivity index (χ2n) is 5.66. The molecule has 0 radical (unpaired) electrons. The van der Waals surface area contributed by atoms with Crippen LogP contribution in [-0.4, -0.2) is 17.6 Å². The third-order valence-corrected chi connectivity index (χ3v) is 3.77. The van der Waals surface area contributed by atoms with Gasteiger partial charge in [0.05, 0.1) is 0 Å². The maximum Gasteiger partial charge on any atom is 0.269 e. The van der Waals surface area contributed by atoms with E-state index in [2.05, 4.69) is 22.7 Å². The number of halogens is 1. The molecular formula is C19H20ClN3O2S. The van der Waals surface area contributed by atoms with Gasteiger partial charge in [0, 0.05) is 17.1 Å². The maximum atomic E-state index is 12.1. The Morgan fingerprint density at radius 3 is 2.38 bits per heavy atom. The van der Waals surface area contributed by atoms with Crippen molar-refractivity contribution in [2.24, 2.45) is 0 Å². The summed E-state index contributed by atoms with van der Waals surface area (Å²) in [6, 6.07) is 14.3. The van der Waals surface area contributed by atoms with Gasteiger partial charge in [-0.3, -0.25) is 15.6 Å². The monoisotopic (exact) mass is 389 g/mol. The lowest BCUT2D eigenvalue weighted by atomic mass is 10.1. The minimum Gasteiger partial charge on any atom is -0.489 e. The minimum absolute atomic E-state index is 0.283. The lowest BCUT2D eigenvalue weighted by molar-refractivity contribution is 0.0943. The summed E-state index contributed by atoms with van der Waals surface area (Å²) in [5.41, 5.74) is 7.58. The lowest BCUT2D eigenvalue weighted by Gasteiger charge is -2.12. The van der Waals surface area contributed by atoms with Gasteiger partial charge in [0.25, 0.3) is 5.91 Å². The van der Waals surface area contributed by atoms with Crippen LogP contribution in [0.5, 0.6) is 5.75 Å². The topological polar surface area (TPSA) is 62.4 Å². The largest absolute Gasteiger partial charge is 0.489 e. The fraction of sp³-hybridized carbons (Fsp3) is 0.158. The van der Waals surface area contributed by atoms with Crippen molar-refractivity contribution in [2.75, 3.05) is 6.54 Å². The number of hydrazine groups is 1. The first-order chi connectivity index (χ1) is 12.4. The van der Waals surface area contributed by atoms with E-state index >= 15 is 0 Å². The molecule has 0 saturated heterocycles. The molecule has 2 rings (SSSR count). The Labute approximate surface area is 163 Å². The second kappa shape index (κ2) is 9.79. The zero-order valence-electron chi connectivity index (χ0n) is 14.3. The Morgan fingerprint density at radius 2 is 1.77 bits per heavy atom. The fourth-order valence-corrected chi connectivity index (χ4v) is 2.16. The third-order valence-electron chi connectivity index (χ3n) is 3.28. The number of ether oxygens (including phenoxy) is 1. The van der Waals surface area contributed by atoms with Crippen molar-refractivity contribution in [3.8, 4) is 5.75 Å². The van der Waals surface area contributed by atoms with E-state index in [-0.39, 0.29) is 5.91 Å². The number of hydrogen-bond acceptors (Lipinski definition) is 3. The molecule has 0 aliphatic carbocycles. The molecule has 26 heavy (non-hydrogen) atoms. The van der Waals surface area contributed by atoms with Crippen LogP contribution >= 0.6 is 23.8 Å². The molecule has 1 amide bonds. The van der Waals surface area contributed by atoms with Crippen molar-refractivity contribution < 1.29 is 9.53 Å². The zero-order valence-corrected chi connectivity index (χ0v) is 15.9. The molecule has 0 unspecified atom stereocenters. The van der Waals surface area contributed by atoms with Crippen molar-refractivity contribution in [3.05, 3.63) is 76.8 Å². The number of nitrogens with one attached hydrogen (secondary N) is 3. The summed E-state index contributed by atoms with van der Waals surface area (Å²) in [7, 11) is 0. The molecule has 0 aliphatic heterocycles. The quantitative estimate of drug-likeness (QED) is 0.400. The highest BCUT2D eigenvalue weighted by Crippen LogP contribution is 2.17. The van der Waals surface area contributed by atoms with Gasteiger partial charge >= 0.3 is 0 Å². The summed E-state index contributed by atoms with van der Waals surface area (Å²) in [4.78, 5) is 12.1. The molecule has 0 spiro atoms. The first-order valence-corrected chi connectivity index (χ1v) is 8.68. The van der Waals surface area contributed by atoms with E-state index in [4.69, 9.17) is 28.6 Å². The predicted octanol–water partition coefficient (Wildman–Crippen LogP) is 3.60. The van der Waals surface area contributed by atoms with Crippen LogP contribution in [0.3, 0.4) is 0 Å². The molecule has 0 aromatic heterocycles. The minimum atomic E-state index is -0.283. The van der Waals surface area contributed by atoms with Gasteiger partial charge in [-0.1, -0.05) is 35.9 Å². The molecule has 0 heterocycles. The second-order valence-corrected chi connectivity index (χ2v) is 6.50. The summed E-state index contributed by atoms with van der Waals surface area (Å²) in [6.45, 7) is 6.59. The smallest absolute Gasteiger partial charge is 0.269 e.